The monoisotopic (exact) mass is 343 g/mol. The van der Waals surface area contributed by atoms with Crippen molar-refractivity contribution in [3.63, 3.8) is 0 Å². The van der Waals surface area contributed by atoms with E-state index in [4.69, 9.17) is 0 Å². The second kappa shape index (κ2) is 8.88. The zero-order valence-corrected chi connectivity index (χ0v) is 15.0. The van der Waals surface area contributed by atoms with Crippen molar-refractivity contribution in [1.82, 2.24) is 15.1 Å². The van der Waals surface area contributed by atoms with Crippen molar-refractivity contribution in [3.05, 3.63) is 35.4 Å². The molecule has 2 saturated heterocycles. The van der Waals surface area contributed by atoms with Crippen LogP contribution < -0.4 is 5.32 Å². The molecular weight excluding hydrogens is 314 g/mol. The highest BCUT2D eigenvalue weighted by Gasteiger charge is 2.21. The average Bonchev–Trinajstić information content (AvgIpc) is 2.98. The topological polar surface area (TPSA) is 52.7 Å². The largest absolute Gasteiger partial charge is 0.338 e. The van der Waals surface area contributed by atoms with Gasteiger partial charge in [0.1, 0.15) is 0 Å². The maximum absolute atomic E-state index is 12.5. The summed E-state index contributed by atoms with van der Waals surface area (Å²) in [6, 6.07) is 8.13. The third-order valence-corrected chi connectivity index (χ3v) is 5.22. The lowest BCUT2D eigenvalue weighted by molar-refractivity contribution is -0.128. The molecule has 0 atom stereocenters. The van der Waals surface area contributed by atoms with Crippen LogP contribution in [0.2, 0.25) is 0 Å². The molecule has 5 nitrogen and oxygen atoms in total. The molecule has 2 heterocycles. The molecule has 2 aliphatic heterocycles. The standard InChI is InChI=1S/C20H29N3O2/c24-19-11-8-14-23(19)16-18-10-5-4-9-17(18)15-21-20(25)22-12-6-2-1-3-7-13-22/h4-5,9-10H,1-3,6-8,11-16H2,(H,21,25). The maximum atomic E-state index is 12.5. The van der Waals surface area contributed by atoms with Gasteiger partial charge in [-0.2, -0.15) is 0 Å². The van der Waals surface area contributed by atoms with Gasteiger partial charge in [-0.25, -0.2) is 4.79 Å². The van der Waals surface area contributed by atoms with Gasteiger partial charge < -0.3 is 15.1 Å². The van der Waals surface area contributed by atoms with Gasteiger partial charge in [-0.3, -0.25) is 4.79 Å². The third-order valence-electron chi connectivity index (χ3n) is 5.22. The molecule has 136 valence electrons. The minimum absolute atomic E-state index is 0.0361. The Bertz CT molecular complexity index is 594. The number of hydrogen-bond donors (Lipinski definition) is 1. The molecule has 0 aromatic heterocycles. The Morgan fingerprint density at radius 3 is 2.28 bits per heavy atom. The number of benzene rings is 1. The van der Waals surface area contributed by atoms with Crippen molar-refractivity contribution < 1.29 is 9.59 Å². The molecule has 0 saturated carbocycles. The van der Waals surface area contributed by atoms with Gasteiger partial charge in [-0.15, -0.1) is 0 Å². The smallest absolute Gasteiger partial charge is 0.317 e. The number of likely N-dealkylation sites (tertiary alicyclic amines) is 2. The van der Waals surface area contributed by atoms with E-state index < -0.39 is 0 Å². The summed E-state index contributed by atoms with van der Waals surface area (Å²) in [6.07, 6.45) is 7.54. The van der Waals surface area contributed by atoms with Crippen LogP contribution in [-0.4, -0.2) is 41.4 Å². The molecule has 0 radical (unpaired) electrons. The molecule has 25 heavy (non-hydrogen) atoms. The Kier molecular flexibility index (Phi) is 6.31. The molecule has 1 aromatic carbocycles. The molecule has 3 rings (SSSR count). The van der Waals surface area contributed by atoms with Gasteiger partial charge in [0.05, 0.1) is 0 Å². The molecule has 1 aromatic rings. The van der Waals surface area contributed by atoms with Gasteiger partial charge >= 0.3 is 6.03 Å². The third kappa shape index (κ3) is 4.97. The predicted molar refractivity (Wildman–Crippen MR) is 98.0 cm³/mol. The van der Waals surface area contributed by atoms with E-state index in [0.717, 1.165) is 50.0 Å². The molecule has 0 unspecified atom stereocenters. The summed E-state index contributed by atoms with van der Waals surface area (Å²) in [7, 11) is 0. The van der Waals surface area contributed by atoms with Gasteiger partial charge in [0, 0.05) is 39.1 Å². The Morgan fingerprint density at radius 2 is 1.60 bits per heavy atom. The van der Waals surface area contributed by atoms with E-state index in [-0.39, 0.29) is 11.9 Å². The van der Waals surface area contributed by atoms with Gasteiger partial charge in [-0.05, 0) is 30.4 Å². The number of nitrogens with one attached hydrogen (secondary N) is 1. The number of rotatable bonds is 4. The van der Waals surface area contributed by atoms with E-state index in [2.05, 4.69) is 11.4 Å². The highest BCUT2D eigenvalue weighted by Crippen LogP contribution is 2.17. The Morgan fingerprint density at radius 1 is 0.920 bits per heavy atom. The first-order valence-electron chi connectivity index (χ1n) is 9.61. The number of urea groups is 1. The maximum Gasteiger partial charge on any atom is 0.317 e. The number of hydrogen-bond acceptors (Lipinski definition) is 2. The highest BCUT2D eigenvalue weighted by molar-refractivity contribution is 5.78. The quantitative estimate of drug-likeness (QED) is 0.912. The molecule has 2 aliphatic rings. The number of amides is 3. The van der Waals surface area contributed by atoms with Crippen LogP contribution in [0.5, 0.6) is 0 Å². The summed E-state index contributed by atoms with van der Waals surface area (Å²) in [5.41, 5.74) is 2.23. The van der Waals surface area contributed by atoms with Crippen LogP contribution in [0.3, 0.4) is 0 Å². The van der Waals surface area contributed by atoms with Crippen molar-refractivity contribution in [2.45, 2.75) is 58.0 Å². The van der Waals surface area contributed by atoms with E-state index in [9.17, 15) is 9.59 Å². The lowest BCUT2D eigenvalue weighted by atomic mass is 10.1. The summed E-state index contributed by atoms with van der Waals surface area (Å²) in [4.78, 5) is 28.2. The van der Waals surface area contributed by atoms with Crippen molar-refractivity contribution in [1.29, 1.82) is 0 Å². The van der Waals surface area contributed by atoms with Crippen LogP contribution in [0.15, 0.2) is 24.3 Å². The molecule has 0 spiro atoms. The first-order valence-corrected chi connectivity index (χ1v) is 9.61. The van der Waals surface area contributed by atoms with E-state index >= 15 is 0 Å². The molecule has 1 N–H and O–H groups in total. The van der Waals surface area contributed by atoms with E-state index in [0.29, 0.717) is 19.5 Å². The van der Waals surface area contributed by atoms with Crippen molar-refractivity contribution in [2.24, 2.45) is 0 Å². The highest BCUT2D eigenvalue weighted by atomic mass is 16.2. The van der Waals surface area contributed by atoms with Crippen LogP contribution in [-0.2, 0) is 17.9 Å². The van der Waals surface area contributed by atoms with Crippen LogP contribution in [0.25, 0.3) is 0 Å². The summed E-state index contributed by atoms with van der Waals surface area (Å²) in [5, 5.41) is 3.08. The van der Waals surface area contributed by atoms with Gasteiger partial charge in [0.15, 0.2) is 0 Å². The molecule has 5 heteroatoms. The minimum Gasteiger partial charge on any atom is -0.338 e. The summed E-state index contributed by atoms with van der Waals surface area (Å²) >= 11 is 0. The lowest BCUT2D eigenvalue weighted by Crippen LogP contribution is -2.41. The molecular formula is C20H29N3O2. The fraction of sp³-hybridized carbons (Fsp3) is 0.600. The van der Waals surface area contributed by atoms with Crippen molar-refractivity contribution in [2.75, 3.05) is 19.6 Å². The van der Waals surface area contributed by atoms with Gasteiger partial charge in [0.25, 0.3) is 0 Å². The van der Waals surface area contributed by atoms with Crippen molar-refractivity contribution >= 4 is 11.9 Å². The van der Waals surface area contributed by atoms with E-state index in [1.165, 1.54) is 19.3 Å². The summed E-state index contributed by atoms with van der Waals surface area (Å²) in [5.74, 6) is 0.236. The number of carbonyl (C=O) groups is 2. The molecule has 2 fully saturated rings. The van der Waals surface area contributed by atoms with Gasteiger partial charge in [-0.1, -0.05) is 43.5 Å². The SMILES string of the molecule is O=C1CCCN1Cc1ccccc1CNC(=O)N1CCCCCCC1. The zero-order valence-electron chi connectivity index (χ0n) is 15.0. The first kappa shape index (κ1) is 17.8. The summed E-state index contributed by atoms with van der Waals surface area (Å²) in [6.45, 7) is 3.72. The van der Waals surface area contributed by atoms with Crippen LogP contribution >= 0.6 is 0 Å². The molecule has 0 aliphatic carbocycles. The Labute approximate surface area is 150 Å². The predicted octanol–water partition coefficient (Wildman–Crippen LogP) is 3.28. The molecule has 0 bridgehead atoms. The summed E-state index contributed by atoms with van der Waals surface area (Å²) < 4.78 is 0. The normalized spacial score (nSPS) is 18.8. The van der Waals surface area contributed by atoms with E-state index in [1.807, 2.05) is 28.0 Å². The molecule has 3 amide bonds. The van der Waals surface area contributed by atoms with Crippen LogP contribution in [0.4, 0.5) is 4.79 Å². The van der Waals surface area contributed by atoms with Crippen LogP contribution in [0, 0.1) is 0 Å². The average molecular weight is 343 g/mol. The lowest BCUT2D eigenvalue weighted by Gasteiger charge is -2.25. The number of carbonyl (C=O) groups excluding carboxylic acids is 2. The fourth-order valence-corrected chi connectivity index (χ4v) is 3.69. The van der Waals surface area contributed by atoms with E-state index in [1.54, 1.807) is 0 Å². The second-order valence-electron chi connectivity index (χ2n) is 7.10. The second-order valence-corrected chi connectivity index (χ2v) is 7.10. The Balaban J connectivity index is 1.57. The van der Waals surface area contributed by atoms with Crippen LogP contribution in [0.1, 0.15) is 56.1 Å². The zero-order chi connectivity index (χ0) is 17.5. The minimum atomic E-state index is 0.0361. The fourth-order valence-electron chi connectivity index (χ4n) is 3.69. The van der Waals surface area contributed by atoms with Crippen molar-refractivity contribution in [3.8, 4) is 0 Å². The number of nitrogens with zero attached hydrogens (tertiary/aromatic N) is 2. The Hall–Kier alpha value is -2.04. The first-order chi connectivity index (χ1) is 12.2. The van der Waals surface area contributed by atoms with Gasteiger partial charge in [0.2, 0.25) is 5.91 Å².